The lowest BCUT2D eigenvalue weighted by atomic mass is 10.00. The third kappa shape index (κ3) is 2.81. The lowest BCUT2D eigenvalue weighted by Crippen LogP contribution is -2.30. The van der Waals surface area contributed by atoms with E-state index in [1.165, 1.54) is 0 Å². The quantitative estimate of drug-likeness (QED) is 0.895. The summed E-state index contributed by atoms with van der Waals surface area (Å²) < 4.78 is 5.39. The number of hydrogen-bond acceptors (Lipinski definition) is 5. The van der Waals surface area contributed by atoms with E-state index in [0.29, 0.717) is 17.8 Å². The zero-order valence-electron chi connectivity index (χ0n) is 11.8. The molecular weight excluding hydrogens is 240 g/mol. The van der Waals surface area contributed by atoms with Gasteiger partial charge in [0.05, 0.1) is 5.92 Å². The number of nitrogens with zero attached hydrogens (tertiary/aromatic N) is 3. The highest BCUT2D eigenvalue weighted by atomic mass is 16.5. The molecule has 102 valence electrons. The van der Waals surface area contributed by atoms with Crippen LogP contribution in [0.25, 0.3) is 11.4 Å². The number of likely N-dealkylation sites (N-methyl/N-ethyl adjacent to an activating group) is 1. The molecule has 0 spiro atoms. The average Bonchev–Trinajstić information content (AvgIpc) is 2.90. The second-order valence-electron chi connectivity index (χ2n) is 4.74. The van der Waals surface area contributed by atoms with Gasteiger partial charge in [0.1, 0.15) is 0 Å². The van der Waals surface area contributed by atoms with E-state index in [1.54, 1.807) is 12.4 Å². The highest BCUT2D eigenvalue weighted by Gasteiger charge is 2.22. The SMILES string of the molecule is CCC(NC)C(C)c1nc(-c2cnccc2C)no1. The van der Waals surface area contributed by atoms with Crippen LogP contribution in [0.15, 0.2) is 23.0 Å². The maximum absolute atomic E-state index is 5.39. The van der Waals surface area contributed by atoms with Gasteiger partial charge in [-0.1, -0.05) is 19.0 Å². The molecule has 2 rings (SSSR count). The van der Waals surface area contributed by atoms with E-state index in [4.69, 9.17) is 4.52 Å². The number of rotatable bonds is 5. The van der Waals surface area contributed by atoms with Gasteiger partial charge in [-0.25, -0.2) is 0 Å². The lowest BCUT2D eigenvalue weighted by Gasteiger charge is -2.18. The molecule has 0 bridgehead atoms. The van der Waals surface area contributed by atoms with Gasteiger partial charge in [0, 0.05) is 24.0 Å². The summed E-state index contributed by atoms with van der Waals surface area (Å²) >= 11 is 0. The second kappa shape index (κ2) is 5.93. The van der Waals surface area contributed by atoms with E-state index < -0.39 is 0 Å². The summed E-state index contributed by atoms with van der Waals surface area (Å²) in [4.78, 5) is 8.61. The Morgan fingerprint density at radius 3 is 2.84 bits per heavy atom. The minimum Gasteiger partial charge on any atom is -0.339 e. The maximum Gasteiger partial charge on any atom is 0.231 e. The van der Waals surface area contributed by atoms with Crippen molar-refractivity contribution in [2.75, 3.05) is 7.05 Å². The maximum atomic E-state index is 5.39. The molecule has 2 atom stereocenters. The van der Waals surface area contributed by atoms with Gasteiger partial charge in [-0.15, -0.1) is 0 Å². The van der Waals surface area contributed by atoms with E-state index >= 15 is 0 Å². The molecular formula is C14H20N4O. The van der Waals surface area contributed by atoms with Crippen molar-refractivity contribution in [2.45, 2.75) is 39.2 Å². The highest BCUT2D eigenvalue weighted by molar-refractivity contribution is 5.57. The minimum atomic E-state index is 0.188. The third-order valence-corrected chi connectivity index (χ3v) is 3.53. The van der Waals surface area contributed by atoms with E-state index in [0.717, 1.165) is 17.5 Å². The lowest BCUT2D eigenvalue weighted by molar-refractivity contribution is 0.326. The van der Waals surface area contributed by atoms with Crippen LogP contribution in [-0.4, -0.2) is 28.2 Å². The fourth-order valence-electron chi connectivity index (χ4n) is 2.21. The van der Waals surface area contributed by atoms with Gasteiger partial charge in [0.25, 0.3) is 0 Å². The fraction of sp³-hybridized carbons (Fsp3) is 0.500. The van der Waals surface area contributed by atoms with Gasteiger partial charge in [0.15, 0.2) is 0 Å². The van der Waals surface area contributed by atoms with Gasteiger partial charge < -0.3 is 9.84 Å². The fourth-order valence-corrected chi connectivity index (χ4v) is 2.21. The van der Waals surface area contributed by atoms with Crippen molar-refractivity contribution in [1.82, 2.24) is 20.4 Å². The summed E-state index contributed by atoms with van der Waals surface area (Å²) in [6.45, 7) is 6.25. The molecule has 0 saturated carbocycles. The molecule has 5 heteroatoms. The van der Waals surface area contributed by atoms with Crippen LogP contribution in [0.3, 0.4) is 0 Å². The molecule has 0 amide bonds. The molecule has 0 aliphatic carbocycles. The van der Waals surface area contributed by atoms with Crippen molar-refractivity contribution in [3.8, 4) is 11.4 Å². The predicted molar refractivity (Wildman–Crippen MR) is 73.8 cm³/mol. The van der Waals surface area contributed by atoms with Gasteiger partial charge >= 0.3 is 0 Å². The van der Waals surface area contributed by atoms with Gasteiger partial charge in [-0.05, 0) is 32.0 Å². The molecule has 0 radical (unpaired) electrons. The number of pyridine rings is 1. The Balaban J connectivity index is 2.27. The molecule has 2 unspecified atom stereocenters. The zero-order valence-corrected chi connectivity index (χ0v) is 11.8. The monoisotopic (exact) mass is 260 g/mol. The van der Waals surface area contributed by atoms with Crippen molar-refractivity contribution in [1.29, 1.82) is 0 Å². The average molecular weight is 260 g/mol. The first kappa shape index (κ1) is 13.7. The first-order valence-corrected chi connectivity index (χ1v) is 6.59. The Labute approximate surface area is 113 Å². The molecule has 2 aromatic heterocycles. The molecule has 19 heavy (non-hydrogen) atoms. The van der Waals surface area contributed by atoms with Gasteiger partial charge in [-0.3, -0.25) is 4.98 Å². The zero-order chi connectivity index (χ0) is 13.8. The van der Waals surface area contributed by atoms with Crippen LogP contribution < -0.4 is 5.32 Å². The Morgan fingerprint density at radius 1 is 1.42 bits per heavy atom. The molecule has 0 aromatic carbocycles. The highest BCUT2D eigenvalue weighted by Crippen LogP contribution is 2.24. The Bertz CT molecular complexity index is 534. The number of aryl methyl sites for hydroxylation is 1. The molecule has 0 saturated heterocycles. The summed E-state index contributed by atoms with van der Waals surface area (Å²) in [7, 11) is 1.95. The summed E-state index contributed by atoms with van der Waals surface area (Å²) in [5.74, 6) is 1.46. The largest absolute Gasteiger partial charge is 0.339 e. The van der Waals surface area contributed by atoms with Crippen LogP contribution in [-0.2, 0) is 0 Å². The molecule has 5 nitrogen and oxygen atoms in total. The molecule has 2 heterocycles. The van der Waals surface area contributed by atoms with Crippen molar-refractivity contribution in [3.63, 3.8) is 0 Å². The third-order valence-electron chi connectivity index (χ3n) is 3.53. The number of aromatic nitrogens is 3. The molecule has 1 N–H and O–H groups in total. The normalized spacial score (nSPS) is 14.3. The van der Waals surface area contributed by atoms with Crippen molar-refractivity contribution in [3.05, 3.63) is 29.9 Å². The van der Waals surface area contributed by atoms with Crippen molar-refractivity contribution < 1.29 is 4.52 Å². The molecule has 2 aromatic rings. The van der Waals surface area contributed by atoms with Crippen molar-refractivity contribution >= 4 is 0 Å². The minimum absolute atomic E-state index is 0.188. The Hall–Kier alpha value is -1.75. The van der Waals surface area contributed by atoms with Crippen LogP contribution in [0, 0.1) is 6.92 Å². The van der Waals surface area contributed by atoms with E-state index in [-0.39, 0.29) is 5.92 Å². The number of hydrogen-bond donors (Lipinski definition) is 1. The van der Waals surface area contributed by atoms with Gasteiger partial charge in [0.2, 0.25) is 11.7 Å². The number of nitrogens with one attached hydrogen (secondary N) is 1. The van der Waals surface area contributed by atoms with Crippen LogP contribution in [0.2, 0.25) is 0 Å². The van der Waals surface area contributed by atoms with Crippen LogP contribution >= 0.6 is 0 Å². The molecule has 0 fully saturated rings. The van der Waals surface area contributed by atoms with Crippen molar-refractivity contribution in [2.24, 2.45) is 0 Å². The standard InChI is InChI=1S/C14H20N4O/c1-5-12(15-4)10(3)14-17-13(18-19-14)11-8-16-7-6-9(11)2/h6-8,10,12,15H,5H2,1-4H3. The van der Waals surface area contributed by atoms with E-state index in [1.807, 2.05) is 20.0 Å². The van der Waals surface area contributed by atoms with E-state index in [9.17, 15) is 0 Å². The summed E-state index contributed by atoms with van der Waals surface area (Å²) in [6.07, 6.45) is 4.54. The topological polar surface area (TPSA) is 63.8 Å². The molecule has 0 aliphatic heterocycles. The molecule has 0 aliphatic rings. The van der Waals surface area contributed by atoms with E-state index in [2.05, 4.69) is 34.3 Å². The Morgan fingerprint density at radius 2 is 2.21 bits per heavy atom. The summed E-state index contributed by atoms with van der Waals surface area (Å²) in [5, 5.41) is 7.34. The summed E-state index contributed by atoms with van der Waals surface area (Å²) in [6, 6.07) is 2.28. The van der Waals surface area contributed by atoms with Crippen LogP contribution in [0.5, 0.6) is 0 Å². The Kier molecular flexibility index (Phi) is 4.27. The predicted octanol–water partition coefficient (Wildman–Crippen LogP) is 2.54. The van der Waals surface area contributed by atoms with Gasteiger partial charge in [-0.2, -0.15) is 4.98 Å². The smallest absolute Gasteiger partial charge is 0.231 e. The first-order chi connectivity index (χ1) is 9.17. The second-order valence-corrected chi connectivity index (χ2v) is 4.74. The van der Waals surface area contributed by atoms with Crippen LogP contribution in [0.1, 0.15) is 37.6 Å². The first-order valence-electron chi connectivity index (χ1n) is 6.59. The summed E-state index contributed by atoms with van der Waals surface area (Å²) in [5.41, 5.74) is 2.01. The van der Waals surface area contributed by atoms with Crippen LogP contribution in [0.4, 0.5) is 0 Å².